The van der Waals surface area contributed by atoms with Crippen LogP contribution in [0.15, 0.2) is 66.7 Å². The first kappa shape index (κ1) is 28.1. The van der Waals surface area contributed by atoms with Gasteiger partial charge in [0.25, 0.3) is 11.8 Å². The van der Waals surface area contributed by atoms with Gasteiger partial charge < -0.3 is 21.4 Å². The van der Waals surface area contributed by atoms with E-state index < -0.39 is 11.6 Å². The Morgan fingerprint density at radius 1 is 1.05 bits per heavy atom. The summed E-state index contributed by atoms with van der Waals surface area (Å²) < 4.78 is 0. The number of rotatable bonds is 7. The predicted molar refractivity (Wildman–Crippen MR) is 163 cm³/mol. The van der Waals surface area contributed by atoms with Crippen molar-refractivity contribution in [3.8, 4) is 11.3 Å². The summed E-state index contributed by atoms with van der Waals surface area (Å²) in [7, 11) is 0. The molecule has 1 unspecified atom stereocenters. The fourth-order valence-electron chi connectivity index (χ4n) is 5.62. The van der Waals surface area contributed by atoms with E-state index in [1.807, 2.05) is 74.5 Å². The zero-order chi connectivity index (χ0) is 29.3. The molecular formula is C33H37N5O3. The first-order valence-corrected chi connectivity index (χ1v) is 14.1. The normalized spacial score (nSPS) is 15.4. The highest BCUT2D eigenvalue weighted by Gasteiger charge is 2.34. The second-order valence-corrected chi connectivity index (χ2v) is 11.4. The van der Waals surface area contributed by atoms with Gasteiger partial charge in [-0.15, -0.1) is 0 Å². The van der Waals surface area contributed by atoms with E-state index in [0.29, 0.717) is 30.6 Å². The molecule has 0 bridgehead atoms. The van der Waals surface area contributed by atoms with Gasteiger partial charge in [-0.3, -0.25) is 19.3 Å². The van der Waals surface area contributed by atoms with Crippen molar-refractivity contribution >= 4 is 40.0 Å². The van der Waals surface area contributed by atoms with E-state index in [2.05, 4.69) is 15.6 Å². The van der Waals surface area contributed by atoms with Crippen molar-refractivity contribution in [2.45, 2.75) is 58.5 Å². The van der Waals surface area contributed by atoms with Crippen LogP contribution in [-0.4, -0.2) is 40.8 Å². The lowest BCUT2D eigenvalue weighted by molar-refractivity contribution is -0.127. The number of nitrogens with two attached hydrogens (primary N) is 1. The molecule has 0 radical (unpaired) electrons. The molecule has 3 aromatic carbocycles. The molecule has 1 aromatic heterocycles. The Bertz CT molecular complexity index is 1600. The molecule has 0 aliphatic carbocycles. The third-order valence-corrected chi connectivity index (χ3v) is 7.46. The summed E-state index contributed by atoms with van der Waals surface area (Å²) in [5, 5.41) is 6.90. The Hall–Kier alpha value is -4.43. The summed E-state index contributed by atoms with van der Waals surface area (Å²) in [6, 6.07) is 20.7. The molecule has 3 amide bonds. The van der Waals surface area contributed by atoms with E-state index in [1.54, 1.807) is 24.8 Å². The number of aryl methyl sites for hydroxylation is 1. The average molecular weight is 552 g/mol. The van der Waals surface area contributed by atoms with Gasteiger partial charge in [-0.25, -0.2) is 0 Å². The van der Waals surface area contributed by atoms with Crippen LogP contribution in [0.4, 0.5) is 11.4 Å². The summed E-state index contributed by atoms with van der Waals surface area (Å²) in [5.74, 6) is -0.675. The van der Waals surface area contributed by atoms with E-state index in [0.717, 1.165) is 39.0 Å². The van der Waals surface area contributed by atoms with Crippen molar-refractivity contribution in [3.63, 3.8) is 0 Å². The van der Waals surface area contributed by atoms with Gasteiger partial charge >= 0.3 is 0 Å². The van der Waals surface area contributed by atoms with Crippen molar-refractivity contribution < 1.29 is 14.4 Å². The number of fused-ring (bicyclic) bond motifs is 2. The third kappa shape index (κ3) is 5.74. The van der Waals surface area contributed by atoms with Crippen molar-refractivity contribution in [1.29, 1.82) is 0 Å². The molecule has 0 saturated heterocycles. The molecule has 41 heavy (non-hydrogen) atoms. The van der Waals surface area contributed by atoms with Crippen LogP contribution in [-0.2, 0) is 16.0 Å². The molecule has 212 valence electrons. The Kier molecular flexibility index (Phi) is 7.69. The number of para-hydroxylation sites is 2. The number of benzene rings is 3. The summed E-state index contributed by atoms with van der Waals surface area (Å²) >= 11 is 0. The minimum absolute atomic E-state index is 0.106. The minimum Gasteiger partial charge on any atom is -0.354 e. The maximum Gasteiger partial charge on any atom is 0.254 e. The molecule has 0 spiro atoms. The number of H-pyrrole nitrogens is 1. The summed E-state index contributed by atoms with van der Waals surface area (Å²) in [6.45, 7) is 7.88. The van der Waals surface area contributed by atoms with Gasteiger partial charge in [-0.1, -0.05) is 36.4 Å². The summed E-state index contributed by atoms with van der Waals surface area (Å²) in [4.78, 5) is 45.5. The molecule has 5 N–H and O–H groups in total. The number of aromatic amines is 1. The van der Waals surface area contributed by atoms with E-state index in [4.69, 9.17) is 5.73 Å². The SMILES string of the molecule is CCNC(=O)c1ccc(N2C(=O)C(NC(=O)CC(C)(C)N)CCc3ccccc32)c(C)c1-c1cc2ccccc2[nH]1. The number of carbonyl (C=O) groups excluding carboxylic acids is 3. The van der Waals surface area contributed by atoms with Gasteiger partial charge in [0.1, 0.15) is 6.04 Å². The summed E-state index contributed by atoms with van der Waals surface area (Å²) in [6.07, 6.45) is 1.20. The van der Waals surface area contributed by atoms with Gasteiger partial charge in [0, 0.05) is 46.2 Å². The van der Waals surface area contributed by atoms with Crippen LogP contribution in [0.25, 0.3) is 22.2 Å². The van der Waals surface area contributed by atoms with E-state index in [-0.39, 0.29) is 24.1 Å². The first-order chi connectivity index (χ1) is 19.6. The van der Waals surface area contributed by atoms with Crippen molar-refractivity contribution in [3.05, 3.63) is 83.4 Å². The van der Waals surface area contributed by atoms with Gasteiger partial charge in [0.2, 0.25) is 5.91 Å². The van der Waals surface area contributed by atoms with Crippen LogP contribution in [0, 0.1) is 6.92 Å². The second-order valence-electron chi connectivity index (χ2n) is 11.4. The van der Waals surface area contributed by atoms with Gasteiger partial charge in [-0.2, -0.15) is 0 Å². The number of nitrogens with one attached hydrogen (secondary N) is 3. The molecule has 0 saturated carbocycles. The van der Waals surface area contributed by atoms with Crippen LogP contribution in [0.1, 0.15) is 55.1 Å². The van der Waals surface area contributed by atoms with Crippen molar-refractivity contribution in [2.75, 3.05) is 11.4 Å². The number of nitrogens with zero attached hydrogens (tertiary/aromatic N) is 1. The van der Waals surface area contributed by atoms with Crippen LogP contribution in [0.2, 0.25) is 0 Å². The fourth-order valence-corrected chi connectivity index (χ4v) is 5.62. The summed E-state index contributed by atoms with van der Waals surface area (Å²) in [5.41, 5.74) is 11.6. The number of hydrogen-bond acceptors (Lipinski definition) is 4. The molecule has 2 heterocycles. The molecule has 1 aliphatic rings. The number of carbonyl (C=O) groups is 3. The van der Waals surface area contributed by atoms with Crippen molar-refractivity contribution in [2.24, 2.45) is 5.73 Å². The van der Waals surface area contributed by atoms with Crippen LogP contribution in [0.5, 0.6) is 0 Å². The molecule has 0 fully saturated rings. The number of anilines is 2. The molecule has 5 rings (SSSR count). The lowest BCUT2D eigenvalue weighted by Gasteiger charge is -2.29. The monoisotopic (exact) mass is 551 g/mol. The fraction of sp³-hybridized carbons (Fsp3) is 0.303. The second kappa shape index (κ2) is 11.2. The zero-order valence-electron chi connectivity index (χ0n) is 24.0. The smallest absolute Gasteiger partial charge is 0.254 e. The Balaban J connectivity index is 1.66. The van der Waals surface area contributed by atoms with Crippen molar-refractivity contribution in [1.82, 2.24) is 15.6 Å². The predicted octanol–water partition coefficient (Wildman–Crippen LogP) is 5.12. The minimum atomic E-state index is -0.726. The highest BCUT2D eigenvalue weighted by atomic mass is 16.2. The molecule has 1 aliphatic heterocycles. The zero-order valence-corrected chi connectivity index (χ0v) is 24.0. The van der Waals surface area contributed by atoms with Crippen LogP contribution >= 0.6 is 0 Å². The maximum absolute atomic E-state index is 14.3. The topological polar surface area (TPSA) is 120 Å². The number of amides is 3. The molecule has 8 heteroatoms. The Morgan fingerprint density at radius 3 is 2.51 bits per heavy atom. The number of hydrogen-bond donors (Lipinski definition) is 4. The highest BCUT2D eigenvalue weighted by Crippen LogP contribution is 2.40. The third-order valence-electron chi connectivity index (χ3n) is 7.46. The van der Waals surface area contributed by atoms with E-state index >= 15 is 0 Å². The van der Waals surface area contributed by atoms with Crippen LogP contribution < -0.4 is 21.3 Å². The Morgan fingerprint density at radius 2 is 1.78 bits per heavy atom. The first-order valence-electron chi connectivity index (χ1n) is 14.1. The van der Waals surface area contributed by atoms with Crippen LogP contribution in [0.3, 0.4) is 0 Å². The lowest BCUT2D eigenvalue weighted by atomic mass is 9.95. The quantitative estimate of drug-likeness (QED) is 0.255. The number of aromatic nitrogens is 1. The van der Waals surface area contributed by atoms with Gasteiger partial charge in [-0.05, 0) is 82.0 Å². The van der Waals surface area contributed by atoms with Gasteiger partial charge in [0.05, 0.1) is 11.4 Å². The Labute approximate surface area is 240 Å². The molecule has 4 aromatic rings. The molecular weight excluding hydrogens is 514 g/mol. The lowest BCUT2D eigenvalue weighted by Crippen LogP contribution is -2.49. The standard InChI is InChI=1S/C33H37N5O3/c1-5-35-31(40)23-15-17-27(20(2)30(23)26-18-22-11-6-8-12-24(22)36-26)38-28-13-9-7-10-21(28)14-16-25(32(38)41)37-29(39)19-33(3,4)34/h6-13,15,17-18,25,36H,5,14,16,19,34H2,1-4H3,(H,35,40)(H,37,39). The molecule has 1 atom stereocenters. The van der Waals surface area contributed by atoms with E-state index in [1.165, 1.54) is 0 Å². The largest absolute Gasteiger partial charge is 0.354 e. The highest BCUT2D eigenvalue weighted by molar-refractivity contribution is 6.09. The van der Waals surface area contributed by atoms with Gasteiger partial charge in [0.15, 0.2) is 0 Å². The maximum atomic E-state index is 14.3. The average Bonchev–Trinajstić information content (AvgIpc) is 3.29. The molecule has 8 nitrogen and oxygen atoms in total. The van der Waals surface area contributed by atoms with E-state index in [9.17, 15) is 14.4 Å².